The average Bonchev–Trinajstić information content (AvgIpc) is 2.91. The molecule has 36 heavy (non-hydrogen) atoms. The summed E-state index contributed by atoms with van der Waals surface area (Å²) in [7, 11) is 1.38. The fraction of sp³-hybridized carbons (Fsp3) is 0.0714. The summed E-state index contributed by atoms with van der Waals surface area (Å²) in [4.78, 5) is 25.0. The summed E-state index contributed by atoms with van der Waals surface area (Å²) in [5.41, 5.74) is 1.67. The minimum atomic E-state index is -0.868. The first kappa shape index (κ1) is 25.8. The number of benzene rings is 3. The van der Waals surface area contributed by atoms with Crippen molar-refractivity contribution in [3.8, 4) is 23.6 Å². The SMILES string of the molecule is COc1cc(C=C(C#N)C(=O)NCc2ccccc2)ccc1OC(=O)C(C#N)=Cc1ccc(Cl)cc1. The van der Waals surface area contributed by atoms with Gasteiger partial charge in [-0.1, -0.05) is 60.1 Å². The first-order valence-corrected chi connectivity index (χ1v) is 11.0. The number of esters is 1. The summed E-state index contributed by atoms with van der Waals surface area (Å²) in [6.45, 7) is 0.279. The Morgan fingerprint density at radius 2 is 1.53 bits per heavy atom. The standard InChI is InChI=1S/C28H20ClN3O4/c1-35-26-15-21(14-22(16-30)27(33)32-18-20-5-3-2-4-6-20)9-12-25(26)36-28(34)23(17-31)13-19-7-10-24(29)11-8-19/h2-15H,18H2,1H3,(H,32,33). The Bertz CT molecular complexity index is 1400. The molecule has 7 nitrogen and oxygen atoms in total. The topological polar surface area (TPSA) is 112 Å². The molecular formula is C28H20ClN3O4. The van der Waals surface area contributed by atoms with Crippen molar-refractivity contribution in [1.82, 2.24) is 5.32 Å². The van der Waals surface area contributed by atoms with Gasteiger partial charge in [0.2, 0.25) is 0 Å². The van der Waals surface area contributed by atoms with Crippen LogP contribution in [0.2, 0.25) is 5.02 Å². The van der Waals surface area contributed by atoms with Gasteiger partial charge in [-0.25, -0.2) is 4.79 Å². The maximum atomic E-state index is 12.6. The molecule has 0 fully saturated rings. The van der Waals surface area contributed by atoms with Crippen LogP contribution < -0.4 is 14.8 Å². The molecule has 0 aliphatic rings. The van der Waals surface area contributed by atoms with Gasteiger partial charge >= 0.3 is 5.97 Å². The quantitative estimate of drug-likeness (QED) is 0.201. The van der Waals surface area contributed by atoms with Crippen LogP contribution in [-0.4, -0.2) is 19.0 Å². The van der Waals surface area contributed by atoms with Crippen molar-refractivity contribution in [3.05, 3.63) is 106 Å². The lowest BCUT2D eigenvalue weighted by molar-refractivity contribution is -0.129. The molecular weight excluding hydrogens is 478 g/mol. The van der Waals surface area contributed by atoms with Crippen molar-refractivity contribution in [3.63, 3.8) is 0 Å². The van der Waals surface area contributed by atoms with E-state index in [1.54, 1.807) is 30.3 Å². The second-order valence-corrected chi connectivity index (χ2v) is 7.80. The van der Waals surface area contributed by atoms with Crippen LogP contribution in [0.15, 0.2) is 83.9 Å². The van der Waals surface area contributed by atoms with E-state index in [0.29, 0.717) is 16.1 Å². The van der Waals surface area contributed by atoms with E-state index in [9.17, 15) is 20.1 Å². The van der Waals surface area contributed by atoms with E-state index in [0.717, 1.165) is 5.56 Å². The minimum Gasteiger partial charge on any atom is -0.493 e. The first-order chi connectivity index (χ1) is 17.4. The molecule has 1 N–H and O–H groups in total. The van der Waals surface area contributed by atoms with Crippen LogP contribution in [0.3, 0.4) is 0 Å². The third-order valence-corrected chi connectivity index (χ3v) is 5.14. The van der Waals surface area contributed by atoms with Crippen LogP contribution in [0, 0.1) is 22.7 Å². The van der Waals surface area contributed by atoms with Crippen LogP contribution in [0.1, 0.15) is 16.7 Å². The summed E-state index contributed by atoms with van der Waals surface area (Å²) in [6, 6.07) is 24.2. The highest BCUT2D eigenvalue weighted by molar-refractivity contribution is 6.30. The van der Waals surface area contributed by atoms with E-state index in [1.807, 2.05) is 42.5 Å². The van der Waals surface area contributed by atoms with Crippen molar-refractivity contribution in [2.75, 3.05) is 7.11 Å². The zero-order valence-electron chi connectivity index (χ0n) is 19.2. The van der Waals surface area contributed by atoms with E-state index >= 15 is 0 Å². The summed E-state index contributed by atoms with van der Waals surface area (Å²) in [5, 5.41) is 22.1. The van der Waals surface area contributed by atoms with Crippen molar-refractivity contribution >= 4 is 35.6 Å². The molecule has 0 radical (unpaired) electrons. The van der Waals surface area contributed by atoms with Crippen molar-refractivity contribution in [1.29, 1.82) is 10.5 Å². The van der Waals surface area contributed by atoms with E-state index in [-0.39, 0.29) is 29.2 Å². The van der Waals surface area contributed by atoms with E-state index in [4.69, 9.17) is 21.1 Å². The zero-order chi connectivity index (χ0) is 25.9. The number of methoxy groups -OCH3 is 1. The number of amides is 1. The Balaban J connectivity index is 1.75. The number of hydrogen-bond donors (Lipinski definition) is 1. The monoisotopic (exact) mass is 497 g/mol. The summed E-state index contributed by atoms with van der Waals surface area (Å²) < 4.78 is 10.7. The summed E-state index contributed by atoms with van der Waals surface area (Å²) in [5.74, 6) is -1.14. The lowest BCUT2D eigenvalue weighted by Gasteiger charge is -2.10. The minimum absolute atomic E-state index is 0.0731. The predicted molar refractivity (Wildman–Crippen MR) is 136 cm³/mol. The smallest absolute Gasteiger partial charge is 0.354 e. The first-order valence-electron chi connectivity index (χ1n) is 10.6. The third-order valence-electron chi connectivity index (χ3n) is 4.88. The molecule has 0 heterocycles. The van der Waals surface area contributed by atoms with Gasteiger partial charge in [-0.05, 0) is 53.1 Å². The second kappa shape index (κ2) is 12.6. The highest BCUT2D eigenvalue weighted by atomic mass is 35.5. The van der Waals surface area contributed by atoms with Gasteiger partial charge in [-0.15, -0.1) is 0 Å². The number of nitrogens with zero attached hydrogens (tertiary/aromatic N) is 2. The maximum absolute atomic E-state index is 12.6. The number of halogens is 1. The Labute approximate surface area is 213 Å². The van der Waals surface area contributed by atoms with Crippen molar-refractivity contribution in [2.24, 2.45) is 0 Å². The molecule has 0 aliphatic carbocycles. The van der Waals surface area contributed by atoms with E-state index in [1.165, 1.54) is 31.4 Å². The summed E-state index contributed by atoms with van der Waals surface area (Å²) in [6.07, 6.45) is 2.78. The highest BCUT2D eigenvalue weighted by Crippen LogP contribution is 2.30. The second-order valence-electron chi connectivity index (χ2n) is 7.36. The van der Waals surface area contributed by atoms with Crippen molar-refractivity contribution in [2.45, 2.75) is 6.54 Å². The largest absolute Gasteiger partial charge is 0.493 e. The fourth-order valence-corrected chi connectivity index (χ4v) is 3.19. The van der Waals surface area contributed by atoms with Crippen LogP contribution >= 0.6 is 11.6 Å². The Morgan fingerprint density at radius 3 is 2.17 bits per heavy atom. The van der Waals surface area contributed by atoms with Crippen LogP contribution in [0.5, 0.6) is 11.5 Å². The number of rotatable bonds is 8. The Hall–Kier alpha value is -4.85. The van der Waals surface area contributed by atoms with Crippen LogP contribution in [0.4, 0.5) is 0 Å². The molecule has 0 saturated heterocycles. The molecule has 0 aromatic heterocycles. The normalized spacial score (nSPS) is 11.1. The number of ether oxygens (including phenoxy) is 2. The lowest BCUT2D eigenvalue weighted by atomic mass is 10.1. The molecule has 0 bridgehead atoms. The number of hydrogen-bond acceptors (Lipinski definition) is 6. The molecule has 0 unspecified atom stereocenters. The molecule has 3 aromatic rings. The Morgan fingerprint density at radius 1 is 0.889 bits per heavy atom. The number of nitriles is 2. The predicted octanol–water partition coefficient (Wildman–Crippen LogP) is 5.08. The van der Waals surface area contributed by atoms with Gasteiger partial charge in [0.05, 0.1) is 7.11 Å². The van der Waals surface area contributed by atoms with E-state index < -0.39 is 11.9 Å². The fourth-order valence-electron chi connectivity index (χ4n) is 3.06. The molecule has 0 aliphatic heterocycles. The molecule has 3 aromatic carbocycles. The van der Waals surface area contributed by atoms with Gasteiger partial charge in [-0.3, -0.25) is 4.79 Å². The average molecular weight is 498 g/mol. The Kier molecular flexibility index (Phi) is 9.00. The molecule has 0 atom stereocenters. The number of carbonyl (C=O) groups excluding carboxylic acids is 2. The highest BCUT2D eigenvalue weighted by Gasteiger charge is 2.16. The van der Waals surface area contributed by atoms with Crippen molar-refractivity contribution < 1.29 is 19.1 Å². The van der Waals surface area contributed by atoms with Gasteiger partial charge in [0.1, 0.15) is 23.3 Å². The number of carbonyl (C=O) groups is 2. The molecule has 8 heteroatoms. The van der Waals surface area contributed by atoms with Gasteiger partial charge in [0, 0.05) is 11.6 Å². The zero-order valence-corrected chi connectivity index (χ0v) is 20.0. The molecule has 178 valence electrons. The third kappa shape index (κ3) is 7.07. The van der Waals surface area contributed by atoms with Gasteiger partial charge in [0.15, 0.2) is 11.5 Å². The molecule has 0 spiro atoms. The van der Waals surface area contributed by atoms with E-state index in [2.05, 4.69) is 5.32 Å². The number of nitrogens with one attached hydrogen (secondary N) is 1. The van der Waals surface area contributed by atoms with Crippen LogP contribution in [-0.2, 0) is 16.1 Å². The summed E-state index contributed by atoms with van der Waals surface area (Å²) >= 11 is 5.86. The van der Waals surface area contributed by atoms with Gasteiger partial charge in [0.25, 0.3) is 5.91 Å². The lowest BCUT2D eigenvalue weighted by Crippen LogP contribution is -2.23. The molecule has 0 saturated carbocycles. The molecule has 1 amide bonds. The van der Waals surface area contributed by atoms with Gasteiger partial charge < -0.3 is 14.8 Å². The maximum Gasteiger partial charge on any atom is 0.354 e. The van der Waals surface area contributed by atoms with Gasteiger partial charge in [-0.2, -0.15) is 10.5 Å². The molecule has 3 rings (SSSR count). The van der Waals surface area contributed by atoms with Crippen LogP contribution in [0.25, 0.3) is 12.2 Å².